The number of carbonyl (C=O) groups is 2. The fourth-order valence-electron chi connectivity index (χ4n) is 2.97. The summed E-state index contributed by atoms with van der Waals surface area (Å²) in [5, 5.41) is 14.0. The molecule has 5 heteroatoms. The highest BCUT2D eigenvalue weighted by molar-refractivity contribution is 5.87. The Hall–Kier alpha value is -2.56. The summed E-state index contributed by atoms with van der Waals surface area (Å²) in [6, 6.07) is 12.0. The van der Waals surface area contributed by atoms with E-state index in [4.69, 9.17) is 9.84 Å². The molecule has 0 atom stereocenters. The molecule has 2 N–H and O–H groups in total. The van der Waals surface area contributed by atoms with E-state index in [-0.39, 0.29) is 18.7 Å². The van der Waals surface area contributed by atoms with Crippen LogP contribution in [0.25, 0.3) is 10.8 Å². The van der Waals surface area contributed by atoms with Crippen LogP contribution in [0.2, 0.25) is 0 Å². The maximum absolute atomic E-state index is 12.1. The number of fused-ring (bicyclic) bond motifs is 1. The number of carboxylic acid groups (broad SMARTS) is 1. The molecular weight excluding hydrogens is 318 g/mol. The smallest absolute Gasteiger partial charge is 0.303 e. The van der Waals surface area contributed by atoms with Crippen molar-refractivity contribution in [1.29, 1.82) is 0 Å². The molecule has 2 aromatic carbocycles. The van der Waals surface area contributed by atoms with Crippen LogP contribution in [0.4, 0.5) is 0 Å². The summed E-state index contributed by atoms with van der Waals surface area (Å²) in [4.78, 5) is 22.9. The van der Waals surface area contributed by atoms with Crippen LogP contribution in [0.5, 0.6) is 5.75 Å². The van der Waals surface area contributed by atoms with E-state index in [1.165, 1.54) is 0 Å². The van der Waals surface area contributed by atoms with Crippen molar-refractivity contribution in [3.05, 3.63) is 42.0 Å². The third-order valence-electron chi connectivity index (χ3n) is 4.17. The number of aliphatic carboxylic acids is 1. The summed E-state index contributed by atoms with van der Waals surface area (Å²) in [6.07, 6.45) is 0.877. The Morgan fingerprint density at radius 1 is 1.16 bits per heavy atom. The monoisotopic (exact) mass is 343 g/mol. The van der Waals surface area contributed by atoms with Gasteiger partial charge in [-0.2, -0.15) is 0 Å². The zero-order valence-electron chi connectivity index (χ0n) is 15.0. The summed E-state index contributed by atoms with van der Waals surface area (Å²) in [6.45, 7) is 4.09. The summed E-state index contributed by atoms with van der Waals surface area (Å²) in [5.74, 6) is -0.203. The Kier molecular flexibility index (Phi) is 6.02. The van der Waals surface area contributed by atoms with Gasteiger partial charge in [0.25, 0.3) is 0 Å². The number of amides is 1. The largest absolute Gasteiger partial charge is 0.497 e. The SMILES string of the molecule is COc1ccc2cccc(CCNC(=O)CC(C)(C)CC(=O)O)c2c1. The van der Waals surface area contributed by atoms with Gasteiger partial charge in [0.15, 0.2) is 0 Å². The van der Waals surface area contributed by atoms with Crippen molar-refractivity contribution in [3.63, 3.8) is 0 Å². The van der Waals surface area contributed by atoms with E-state index in [0.29, 0.717) is 13.0 Å². The number of benzene rings is 2. The van der Waals surface area contributed by atoms with Crippen molar-refractivity contribution in [2.75, 3.05) is 13.7 Å². The molecule has 0 saturated heterocycles. The molecule has 0 aliphatic carbocycles. The quantitative estimate of drug-likeness (QED) is 0.770. The highest BCUT2D eigenvalue weighted by Crippen LogP contribution is 2.25. The van der Waals surface area contributed by atoms with Gasteiger partial charge < -0.3 is 15.2 Å². The minimum atomic E-state index is -0.887. The van der Waals surface area contributed by atoms with Crippen LogP contribution in [0.15, 0.2) is 36.4 Å². The number of rotatable bonds is 8. The first-order valence-corrected chi connectivity index (χ1v) is 8.35. The van der Waals surface area contributed by atoms with Crippen molar-refractivity contribution >= 4 is 22.6 Å². The molecule has 0 fully saturated rings. The van der Waals surface area contributed by atoms with Gasteiger partial charge in [-0.15, -0.1) is 0 Å². The summed E-state index contributed by atoms with van der Waals surface area (Å²) >= 11 is 0. The first-order valence-electron chi connectivity index (χ1n) is 8.35. The standard InChI is InChI=1S/C20H25NO4/c1-20(2,13-19(23)24)12-18(22)21-10-9-15-6-4-5-14-7-8-16(25-3)11-17(14)15/h4-8,11H,9-10,12-13H2,1-3H3,(H,21,22)(H,23,24). The zero-order chi connectivity index (χ0) is 18.4. The molecule has 0 heterocycles. The van der Waals surface area contributed by atoms with E-state index in [2.05, 4.69) is 5.32 Å². The van der Waals surface area contributed by atoms with Crippen LogP contribution in [0.1, 0.15) is 32.3 Å². The highest BCUT2D eigenvalue weighted by Gasteiger charge is 2.24. The van der Waals surface area contributed by atoms with Crippen molar-refractivity contribution in [2.24, 2.45) is 5.41 Å². The van der Waals surface area contributed by atoms with Gasteiger partial charge >= 0.3 is 5.97 Å². The summed E-state index contributed by atoms with van der Waals surface area (Å²) in [7, 11) is 1.64. The van der Waals surface area contributed by atoms with Crippen molar-refractivity contribution < 1.29 is 19.4 Å². The Morgan fingerprint density at radius 2 is 1.92 bits per heavy atom. The maximum atomic E-state index is 12.1. The van der Waals surface area contributed by atoms with Gasteiger partial charge in [-0.05, 0) is 40.3 Å². The second-order valence-corrected chi connectivity index (χ2v) is 7.02. The van der Waals surface area contributed by atoms with E-state index >= 15 is 0 Å². The normalized spacial score (nSPS) is 11.3. The topological polar surface area (TPSA) is 75.6 Å². The molecule has 134 valence electrons. The van der Waals surface area contributed by atoms with Crippen LogP contribution < -0.4 is 10.1 Å². The lowest BCUT2D eigenvalue weighted by atomic mass is 9.85. The van der Waals surface area contributed by atoms with Crippen molar-refractivity contribution in [3.8, 4) is 5.75 Å². The molecule has 1 amide bonds. The summed E-state index contributed by atoms with van der Waals surface area (Å²) < 4.78 is 5.29. The van der Waals surface area contributed by atoms with Gasteiger partial charge in [0.2, 0.25) is 5.91 Å². The molecular formula is C20H25NO4. The Bertz CT molecular complexity index is 767. The molecule has 0 saturated carbocycles. The predicted molar refractivity (Wildman–Crippen MR) is 97.9 cm³/mol. The lowest BCUT2D eigenvalue weighted by molar-refractivity contribution is -0.139. The van der Waals surface area contributed by atoms with Crippen LogP contribution in [-0.2, 0) is 16.0 Å². The number of hydrogen-bond acceptors (Lipinski definition) is 3. The number of carbonyl (C=O) groups excluding carboxylic acids is 1. The second kappa shape index (κ2) is 8.01. The van der Waals surface area contributed by atoms with Crippen LogP contribution in [-0.4, -0.2) is 30.6 Å². The first kappa shape index (κ1) is 18.8. The average molecular weight is 343 g/mol. The molecule has 0 radical (unpaired) electrons. The van der Waals surface area contributed by atoms with Crippen LogP contribution >= 0.6 is 0 Å². The van der Waals surface area contributed by atoms with Crippen molar-refractivity contribution in [1.82, 2.24) is 5.32 Å². The Labute approximate surface area is 148 Å². The van der Waals surface area contributed by atoms with E-state index in [1.54, 1.807) is 21.0 Å². The minimum absolute atomic E-state index is 0.0243. The molecule has 0 spiro atoms. The van der Waals surface area contributed by atoms with E-state index < -0.39 is 11.4 Å². The summed E-state index contributed by atoms with van der Waals surface area (Å²) in [5.41, 5.74) is 0.587. The fourth-order valence-corrected chi connectivity index (χ4v) is 2.97. The third-order valence-corrected chi connectivity index (χ3v) is 4.17. The van der Waals surface area contributed by atoms with E-state index in [9.17, 15) is 9.59 Å². The number of hydrogen-bond donors (Lipinski definition) is 2. The predicted octanol–water partition coefficient (Wildman–Crippen LogP) is 3.40. The third kappa shape index (κ3) is 5.48. The molecule has 0 unspecified atom stereocenters. The Balaban J connectivity index is 1.96. The van der Waals surface area contributed by atoms with Gasteiger partial charge in [-0.3, -0.25) is 9.59 Å². The maximum Gasteiger partial charge on any atom is 0.303 e. The highest BCUT2D eigenvalue weighted by atomic mass is 16.5. The molecule has 2 aromatic rings. The number of nitrogens with one attached hydrogen (secondary N) is 1. The lowest BCUT2D eigenvalue weighted by Gasteiger charge is -2.21. The number of carboxylic acids is 1. The average Bonchev–Trinajstić information content (AvgIpc) is 2.52. The van der Waals surface area contributed by atoms with Gasteiger partial charge in [-0.25, -0.2) is 0 Å². The van der Waals surface area contributed by atoms with Crippen LogP contribution in [0, 0.1) is 5.41 Å². The Morgan fingerprint density at radius 3 is 2.60 bits per heavy atom. The van der Waals surface area contributed by atoms with Crippen molar-refractivity contribution in [2.45, 2.75) is 33.1 Å². The van der Waals surface area contributed by atoms with E-state index in [0.717, 1.165) is 22.1 Å². The molecule has 0 aliphatic heterocycles. The molecule has 0 aliphatic rings. The van der Waals surface area contributed by atoms with Gasteiger partial charge in [0.05, 0.1) is 13.5 Å². The number of methoxy groups -OCH3 is 1. The lowest BCUT2D eigenvalue weighted by Crippen LogP contribution is -2.31. The second-order valence-electron chi connectivity index (χ2n) is 7.02. The number of ether oxygens (including phenoxy) is 1. The van der Waals surface area contributed by atoms with Crippen LogP contribution in [0.3, 0.4) is 0 Å². The van der Waals surface area contributed by atoms with Gasteiger partial charge in [0, 0.05) is 13.0 Å². The molecule has 0 bridgehead atoms. The zero-order valence-corrected chi connectivity index (χ0v) is 15.0. The first-order chi connectivity index (χ1) is 11.8. The molecule has 2 rings (SSSR count). The fraction of sp³-hybridized carbons (Fsp3) is 0.400. The molecule has 5 nitrogen and oxygen atoms in total. The molecule has 0 aromatic heterocycles. The minimum Gasteiger partial charge on any atom is -0.497 e. The van der Waals surface area contributed by atoms with Gasteiger partial charge in [-0.1, -0.05) is 38.1 Å². The molecule has 25 heavy (non-hydrogen) atoms. The van der Waals surface area contributed by atoms with E-state index in [1.807, 2.05) is 36.4 Å². The van der Waals surface area contributed by atoms with Gasteiger partial charge in [0.1, 0.15) is 5.75 Å².